The monoisotopic (exact) mass is 212 g/mol. The van der Waals surface area contributed by atoms with E-state index >= 15 is 0 Å². The molecule has 0 aromatic heterocycles. The largest absolute Gasteiger partial charge is 0.504 e. The average molecular weight is 212 g/mol. The molecule has 6 nitrogen and oxygen atoms in total. The van der Waals surface area contributed by atoms with Crippen LogP contribution >= 0.6 is 0 Å². The van der Waals surface area contributed by atoms with Gasteiger partial charge in [0.05, 0.1) is 12.7 Å². The summed E-state index contributed by atoms with van der Waals surface area (Å²) in [7, 11) is 1.20. The number of carbonyl (C=O) groups is 1. The number of fused-ring (bicyclic) bond motifs is 1. The van der Waals surface area contributed by atoms with Crippen molar-refractivity contribution in [1.29, 1.82) is 0 Å². The molecule has 0 saturated heterocycles. The third-order valence-electron chi connectivity index (χ3n) is 2.23. The molecule has 3 N–H and O–H groups in total. The Kier molecular flexibility index (Phi) is 1.85. The zero-order valence-electron chi connectivity index (χ0n) is 7.77. The first kappa shape index (κ1) is 9.45. The second kappa shape index (κ2) is 2.94. The van der Waals surface area contributed by atoms with E-state index in [0.717, 1.165) is 0 Å². The summed E-state index contributed by atoms with van der Waals surface area (Å²) in [6.45, 7) is -0.175. The lowest BCUT2D eigenvalue weighted by Gasteiger charge is -2.10. The molecule has 0 spiro atoms. The maximum absolute atomic E-state index is 11.2. The van der Waals surface area contributed by atoms with Crippen LogP contribution in [-0.2, 0) is 11.3 Å². The zero-order valence-corrected chi connectivity index (χ0v) is 7.77. The third kappa shape index (κ3) is 1.08. The highest BCUT2D eigenvalue weighted by molar-refractivity contribution is 5.99. The minimum absolute atomic E-state index is 0.0656. The SMILES string of the molecule is COc1c(O)c(O)c2c(c1O)C(=O)OC2. The summed E-state index contributed by atoms with van der Waals surface area (Å²) in [5.41, 5.74) is -0.0991. The number of rotatable bonds is 1. The second-order valence-corrected chi connectivity index (χ2v) is 3.01. The molecule has 1 aromatic rings. The summed E-state index contributed by atoms with van der Waals surface area (Å²) >= 11 is 0. The number of phenolic OH excluding ortho intramolecular Hbond substituents is 3. The van der Waals surface area contributed by atoms with Gasteiger partial charge in [-0.15, -0.1) is 0 Å². The van der Waals surface area contributed by atoms with Gasteiger partial charge in [0.2, 0.25) is 11.5 Å². The van der Waals surface area contributed by atoms with E-state index < -0.39 is 23.2 Å². The number of cyclic esters (lactones) is 1. The first-order valence-electron chi connectivity index (χ1n) is 4.08. The third-order valence-corrected chi connectivity index (χ3v) is 2.23. The van der Waals surface area contributed by atoms with Crippen LogP contribution in [0.2, 0.25) is 0 Å². The van der Waals surface area contributed by atoms with Crippen LogP contribution in [0.15, 0.2) is 0 Å². The molecule has 0 unspecified atom stereocenters. The molecule has 6 heteroatoms. The van der Waals surface area contributed by atoms with Crippen molar-refractivity contribution in [3.05, 3.63) is 11.1 Å². The number of esters is 1. The highest BCUT2D eigenvalue weighted by atomic mass is 16.5. The Morgan fingerprint density at radius 2 is 1.87 bits per heavy atom. The van der Waals surface area contributed by atoms with Crippen LogP contribution in [0, 0.1) is 0 Å². The van der Waals surface area contributed by atoms with E-state index in [1.807, 2.05) is 0 Å². The summed E-state index contributed by atoms with van der Waals surface area (Å²) in [4.78, 5) is 11.2. The first-order valence-corrected chi connectivity index (χ1v) is 4.08. The van der Waals surface area contributed by atoms with Crippen LogP contribution in [-0.4, -0.2) is 28.4 Å². The van der Waals surface area contributed by atoms with E-state index in [2.05, 4.69) is 9.47 Å². The van der Waals surface area contributed by atoms with Crippen LogP contribution in [0.1, 0.15) is 15.9 Å². The Hall–Kier alpha value is -2.11. The number of ether oxygens (including phenoxy) is 2. The van der Waals surface area contributed by atoms with Gasteiger partial charge in [0.15, 0.2) is 11.5 Å². The molecule has 0 amide bonds. The van der Waals surface area contributed by atoms with Crippen LogP contribution < -0.4 is 4.74 Å². The maximum Gasteiger partial charge on any atom is 0.342 e. The lowest BCUT2D eigenvalue weighted by Crippen LogP contribution is -1.97. The number of hydrogen-bond donors (Lipinski definition) is 3. The molecule has 0 bridgehead atoms. The first-order chi connectivity index (χ1) is 7.07. The van der Waals surface area contributed by atoms with Gasteiger partial charge in [-0.2, -0.15) is 0 Å². The number of phenols is 3. The Morgan fingerprint density at radius 1 is 1.20 bits per heavy atom. The van der Waals surface area contributed by atoms with E-state index in [4.69, 9.17) is 0 Å². The van der Waals surface area contributed by atoms with E-state index in [1.165, 1.54) is 7.11 Å². The van der Waals surface area contributed by atoms with E-state index in [1.54, 1.807) is 0 Å². The molecular weight excluding hydrogens is 204 g/mol. The van der Waals surface area contributed by atoms with Crippen molar-refractivity contribution in [2.45, 2.75) is 6.61 Å². The molecule has 0 fully saturated rings. The molecule has 0 aliphatic carbocycles. The Balaban J connectivity index is 2.80. The molecular formula is C9H8O6. The van der Waals surface area contributed by atoms with E-state index in [-0.39, 0.29) is 23.5 Å². The molecule has 1 aliphatic heterocycles. The van der Waals surface area contributed by atoms with Gasteiger partial charge in [0.1, 0.15) is 12.2 Å². The summed E-state index contributed by atoms with van der Waals surface area (Å²) in [5.74, 6) is -2.73. The van der Waals surface area contributed by atoms with Gasteiger partial charge in [-0.1, -0.05) is 0 Å². The number of aromatic hydroxyl groups is 3. The summed E-state index contributed by atoms with van der Waals surface area (Å²) in [5, 5.41) is 28.5. The average Bonchev–Trinajstić information content (AvgIpc) is 2.58. The van der Waals surface area contributed by atoms with Crippen molar-refractivity contribution >= 4 is 5.97 Å². The van der Waals surface area contributed by atoms with Crippen LogP contribution in [0.25, 0.3) is 0 Å². The van der Waals surface area contributed by atoms with E-state index in [0.29, 0.717) is 0 Å². The fourth-order valence-electron chi connectivity index (χ4n) is 1.50. The predicted octanol–water partition coefficient (Wildman–Crippen LogP) is 0.482. The molecule has 80 valence electrons. The van der Waals surface area contributed by atoms with Crippen LogP contribution in [0.3, 0.4) is 0 Å². The molecule has 2 rings (SSSR count). The lowest BCUT2D eigenvalue weighted by molar-refractivity contribution is 0.0532. The zero-order chi connectivity index (χ0) is 11.2. The van der Waals surface area contributed by atoms with Gasteiger partial charge in [-0.05, 0) is 0 Å². The van der Waals surface area contributed by atoms with Gasteiger partial charge in [0.25, 0.3) is 0 Å². The molecule has 1 heterocycles. The summed E-state index contributed by atoms with van der Waals surface area (Å²) in [6.07, 6.45) is 0. The van der Waals surface area contributed by atoms with Gasteiger partial charge in [-0.3, -0.25) is 0 Å². The van der Waals surface area contributed by atoms with Gasteiger partial charge in [-0.25, -0.2) is 4.79 Å². The van der Waals surface area contributed by atoms with Crippen molar-refractivity contribution in [2.75, 3.05) is 7.11 Å². The highest BCUT2D eigenvalue weighted by Crippen LogP contribution is 2.49. The minimum Gasteiger partial charge on any atom is -0.504 e. The normalized spacial score (nSPS) is 13.5. The van der Waals surface area contributed by atoms with Crippen molar-refractivity contribution in [1.82, 2.24) is 0 Å². The summed E-state index contributed by atoms with van der Waals surface area (Å²) in [6, 6.07) is 0. The molecule has 1 aliphatic rings. The van der Waals surface area contributed by atoms with Gasteiger partial charge >= 0.3 is 5.97 Å². The minimum atomic E-state index is -0.754. The molecule has 15 heavy (non-hydrogen) atoms. The van der Waals surface area contributed by atoms with Crippen molar-refractivity contribution < 1.29 is 29.6 Å². The Bertz CT molecular complexity index is 451. The Labute approximate surface area is 84.3 Å². The summed E-state index contributed by atoms with van der Waals surface area (Å²) < 4.78 is 9.28. The molecule has 0 radical (unpaired) electrons. The van der Waals surface area contributed by atoms with Crippen LogP contribution in [0.4, 0.5) is 0 Å². The lowest BCUT2D eigenvalue weighted by atomic mass is 10.1. The highest BCUT2D eigenvalue weighted by Gasteiger charge is 2.33. The second-order valence-electron chi connectivity index (χ2n) is 3.01. The smallest absolute Gasteiger partial charge is 0.342 e. The number of methoxy groups -OCH3 is 1. The van der Waals surface area contributed by atoms with Gasteiger partial charge in [0, 0.05) is 0 Å². The fourth-order valence-corrected chi connectivity index (χ4v) is 1.50. The number of carbonyl (C=O) groups excluding carboxylic acids is 1. The molecule has 0 atom stereocenters. The quantitative estimate of drug-likeness (QED) is 0.356. The van der Waals surface area contributed by atoms with Crippen molar-refractivity contribution in [3.8, 4) is 23.0 Å². The topological polar surface area (TPSA) is 96.2 Å². The standard InChI is InChI=1S/C9H8O6/c1-14-8-6(11)4-3(2-15-9(4)13)5(10)7(8)12/h10-12H,2H2,1H3. The van der Waals surface area contributed by atoms with Crippen molar-refractivity contribution in [3.63, 3.8) is 0 Å². The molecule has 1 aromatic carbocycles. The maximum atomic E-state index is 11.2. The predicted molar refractivity (Wildman–Crippen MR) is 47.1 cm³/mol. The fraction of sp³-hybridized carbons (Fsp3) is 0.222. The van der Waals surface area contributed by atoms with Crippen LogP contribution in [0.5, 0.6) is 23.0 Å². The van der Waals surface area contributed by atoms with Gasteiger partial charge < -0.3 is 24.8 Å². The Morgan fingerprint density at radius 3 is 2.47 bits per heavy atom. The number of hydrogen-bond acceptors (Lipinski definition) is 6. The molecule has 0 saturated carbocycles. The van der Waals surface area contributed by atoms with E-state index in [9.17, 15) is 20.1 Å². The van der Waals surface area contributed by atoms with Crippen molar-refractivity contribution in [2.24, 2.45) is 0 Å². The number of benzene rings is 1.